The van der Waals surface area contributed by atoms with Gasteiger partial charge in [0.2, 0.25) is 23.3 Å². The molecule has 3 fully saturated rings. The number of imide groups is 1. The molecule has 0 unspecified atom stereocenters. The average molecular weight is 555 g/mol. The van der Waals surface area contributed by atoms with E-state index in [1.165, 1.54) is 0 Å². The lowest BCUT2D eigenvalue weighted by Gasteiger charge is -2.36. The number of rotatable bonds is 12. The lowest BCUT2D eigenvalue weighted by atomic mass is 9.98. The summed E-state index contributed by atoms with van der Waals surface area (Å²) in [5.41, 5.74) is -0.689. The average Bonchev–Trinajstić information content (AvgIpc) is 3.60. The number of carboxylic acids is 1. The van der Waals surface area contributed by atoms with E-state index in [0.29, 0.717) is 32.6 Å². The van der Waals surface area contributed by atoms with Crippen molar-refractivity contribution >= 4 is 35.7 Å². The van der Waals surface area contributed by atoms with Gasteiger partial charge in [0, 0.05) is 58.5 Å². The van der Waals surface area contributed by atoms with Crippen LogP contribution in [0.2, 0.25) is 0 Å². The zero-order valence-electron chi connectivity index (χ0n) is 23.1. The summed E-state index contributed by atoms with van der Waals surface area (Å²) in [6, 6.07) is 9.23. The predicted octanol–water partition coefficient (Wildman–Crippen LogP) is 1.14. The first kappa shape index (κ1) is 29.4. The van der Waals surface area contributed by atoms with Gasteiger partial charge in [0.25, 0.3) is 5.91 Å². The molecule has 40 heavy (non-hydrogen) atoms. The highest BCUT2D eigenvalue weighted by Gasteiger charge is 2.67. The Morgan fingerprint density at radius 2 is 1.73 bits per heavy atom. The number of piperazine rings is 1. The number of carboxylic acid groups (broad SMARTS) is 1. The molecule has 11 heteroatoms. The first-order chi connectivity index (χ1) is 19.1. The predicted molar refractivity (Wildman–Crippen MR) is 146 cm³/mol. The summed E-state index contributed by atoms with van der Waals surface area (Å²) in [6.07, 6.45) is 3.28. The SMILES string of the molecule is CC(C)C[C@H](NC(=O)[C@@H]1O[C@@]1(CCN1C(=O)CCC1=O)C(=O)O)C(=O)N1CCN(CC=Cc2ccccc2)CC1. The summed E-state index contributed by atoms with van der Waals surface area (Å²) in [7, 11) is 0. The Hall–Kier alpha value is -3.57. The van der Waals surface area contributed by atoms with Crippen LogP contribution in [-0.4, -0.2) is 106 Å². The molecule has 4 rings (SSSR count). The number of nitrogens with one attached hydrogen (secondary N) is 1. The van der Waals surface area contributed by atoms with Gasteiger partial charge in [-0.1, -0.05) is 56.3 Å². The number of likely N-dealkylation sites (tertiary alicyclic amines) is 1. The zero-order valence-corrected chi connectivity index (χ0v) is 23.1. The second-order valence-electron chi connectivity index (χ2n) is 11.0. The maximum absolute atomic E-state index is 13.4. The third-order valence-electron chi connectivity index (χ3n) is 7.64. The highest BCUT2D eigenvalue weighted by atomic mass is 16.6. The van der Waals surface area contributed by atoms with Crippen LogP contribution in [0.25, 0.3) is 6.08 Å². The molecule has 0 saturated carbocycles. The zero-order chi connectivity index (χ0) is 28.9. The largest absolute Gasteiger partial charge is 0.479 e. The van der Waals surface area contributed by atoms with Gasteiger partial charge < -0.3 is 20.1 Å². The molecule has 3 heterocycles. The molecule has 3 atom stereocenters. The fraction of sp³-hybridized carbons (Fsp3) is 0.552. The van der Waals surface area contributed by atoms with Crippen molar-refractivity contribution in [2.45, 2.75) is 57.3 Å². The van der Waals surface area contributed by atoms with E-state index in [2.05, 4.69) is 22.4 Å². The van der Waals surface area contributed by atoms with E-state index in [-0.39, 0.29) is 49.4 Å². The van der Waals surface area contributed by atoms with Crippen molar-refractivity contribution < 1.29 is 33.8 Å². The summed E-state index contributed by atoms with van der Waals surface area (Å²) < 4.78 is 5.37. The van der Waals surface area contributed by atoms with Gasteiger partial charge in [-0.25, -0.2) is 4.79 Å². The molecule has 0 radical (unpaired) electrons. The van der Waals surface area contributed by atoms with Crippen LogP contribution in [-0.2, 0) is 28.7 Å². The molecule has 2 N–H and O–H groups in total. The van der Waals surface area contributed by atoms with E-state index in [0.717, 1.165) is 17.0 Å². The van der Waals surface area contributed by atoms with E-state index in [4.69, 9.17) is 4.74 Å². The number of carbonyl (C=O) groups is 5. The number of benzene rings is 1. The summed E-state index contributed by atoms with van der Waals surface area (Å²) in [4.78, 5) is 67.3. The number of epoxide rings is 1. The second kappa shape index (κ2) is 12.7. The summed E-state index contributed by atoms with van der Waals surface area (Å²) in [6.45, 7) is 7.00. The first-order valence-corrected chi connectivity index (χ1v) is 13.9. The van der Waals surface area contributed by atoms with Crippen molar-refractivity contribution in [2.24, 2.45) is 5.92 Å². The summed E-state index contributed by atoms with van der Waals surface area (Å²) in [5, 5.41) is 12.5. The highest BCUT2D eigenvalue weighted by molar-refractivity contribution is 6.02. The van der Waals surface area contributed by atoms with Gasteiger partial charge in [-0.2, -0.15) is 0 Å². The number of nitrogens with zero attached hydrogens (tertiary/aromatic N) is 3. The Bertz CT molecular complexity index is 1130. The van der Waals surface area contributed by atoms with E-state index in [9.17, 15) is 29.1 Å². The summed E-state index contributed by atoms with van der Waals surface area (Å²) in [5.74, 6) is -2.82. The molecule has 1 aromatic carbocycles. The maximum Gasteiger partial charge on any atom is 0.339 e. The Morgan fingerprint density at radius 1 is 1.07 bits per heavy atom. The molecular formula is C29H38N4O7. The van der Waals surface area contributed by atoms with Crippen LogP contribution in [0.3, 0.4) is 0 Å². The number of aliphatic carboxylic acids is 1. The smallest absolute Gasteiger partial charge is 0.339 e. The molecule has 0 aromatic heterocycles. The van der Waals surface area contributed by atoms with Crippen LogP contribution < -0.4 is 5.32 Å². The van der Waals surface area contributed by atoms with E-state index in [1.54, 1.807) is 4.90 Å². The minimum atomic E-state index is -1.82. The van der Waals surface area contributed by atoms with Gasteiger partial charge in [-0.05, 0) is 17.9 Å². The fourth-order valence-corrected chi connectivity index (χ4v) is 5.26. The number of hydrogen-bond acceptors (Lipinski definition) is 7. The van der Waals surface area contributed by atoms with Crippen LogP contribution in [0.15, 0.2) is 36.4 Å². The van der Waals surface area contributed by atoms with Crippen LogP contribution in [0.5, 0.6) is 0 Å². The Labute approximate surface area is 234 Å². The molecule has 3 aliphatic heterocycles. The molecule has 216 valence electrons. The van der Waals surface area contributed by atoms with Gasteiger partial charge in [-0.15, -0.1) is 0 Å². The molecule has 0 bridgehead atoms. The standard InChI is InChI=1S/C29H38N4O7/c1-20(2)19-22(27(37)32-17-15-31(16-18-32)13-6-9-21-7-4-3-5-8-21)30-26(36)25-29(40-25,28(38)39)12-14-33-23(34)10-11-24(33)35/h3-9,20,22,25H,10-19H2,1-2H3,(H,30,36)(H,38,39)/t22-,25-,29+/m0/s1. The second-order valence-corrected chi connectivity index (χ2v) is 11.0. The third-order valence-corrected chi connectivity index (χ3v) is 7.64. The van der Waals surface area contributed by atoms with Gasteiger partial charge >= 0.3 is 5.97 Å². The minimum Gasteiger partial charge on any atom is -0.479 e. The van der Waals surface area contributed by atoms with Crippen molar-refractivity contribution in [1.82, 2.24) is 20.0 Å². The van der Waals surface area contributed by atoms with Crippen molar-refractivity contribution in [3.63, 3.8) is 0 Å². The van der Waals surface area contributed by atoms with Crippen molar-refractivity contribution in [2.75, 3.05) is 39.3 Å². The lowest BCUT2D eigenvalue weighted by molar-refractivity contribution is -0.146. The van der Waals surface area contributed by atoms with E-state index in [1.807, 2.05) is 44.2 Å². The molecule has 3 aliphatic rings. The summed E-state index contributed by atoms with van der Waals surface area (Å²) >= 11 is 0. The van der Waals surface area contributed by atoms with Gasteiger partial charge in [0.1, 0.15) is 6.04 Å². The van der Waals surface area contributed by atoms with Crippen LogP contribution >= 0.6 is 0 Å². The Morgan fingerprint density at radius 3 is 2.33 bits per heavy atom. The van der Waals surface area contributed by atoms with E-state index >= 15 is 0 Å². The highest BCUT2D eigenvalue weighted by Crippen LogP contribution is 2.41. The normalized spacial score (nSPS) is 24.1. The monoisotopic (exact) mass is 554 g/mol. The van der Waals surface area contributed by atoms with Gasteiger partial charge in [0.05, 0.1) is 0 Å². The van der Waals surface area contributed by atoms with Crippen molar-refractivity contribution in [3.8, 4) is 0 Å². The van der Waals surface area contributed by atoms with Crippen LogP contribution in [0, 0.1) is 5.92 Å². The maximum atomic E-state index is 13.4. The molecular weight excluding hydrogens is 516 g/mol. The van der Waals surface area contributed by atoms with Crippen LogP contribution in [0.1, 0.15) is 45.1 Å². The van der Waals surface area contributed by atoms with Gasteiger partial charge in [0.15, 0.2) is 6.10 Å². The van der Waals surface area contributed by atoms with Gasteiger partial charge in [-0.3, -0.25) is 29.0 Å². The molecule has 4 amide bonds. The quantitative estimate of drug-likeness (QED) is 0.290. The number of hydrogen-bond donors (Lipinski definition) is 2. The number of ether oxygens (including phenoxy) is 1. The lowest BCUT2D eigenvalue weighted by Crippen LogP contribution is -2.56. The van der Waals surface area contributed by atoms with Crippen molar-refractivity contribution in [3.05, 3.63) is 42.0 Å². The minimum absolute atomic E-state index is 0.0985. The number of carbonyl (C=O) groups excluding carboxylic acids is 4. The molecule has 11 nitrogen and oxygen atoms in total. The van der Waals surface area contributed by atoms with Crippen molar-refractivity contribution in [1.29, 1.82) is 0 Å². The topological polar surface area (TPSA) is 140 Å². The molecule has 0 aliphatic carbocycles. The Balaban J connectivity index is 1.30. The number of amides is 4. The van der Waals surface area contributed by atoms with Crippen LogP contribution in [0.4, 0.5) is 0 Å². The third kappa shape index (κ3) is 6.95. The molecule has 1 aromatic rings. The fourth-order valence-electron chi connectivity index (χ4n) is 5.26. The Kier molecular flexibility index (Phi) is 9.36. The molecule has 0 spiro atoms. The molecule has 3 saturated heterocycles. The first-order valence-electron chi connectivity index (χ1n) is 13.9. The van der Waals surface area contributed by atoms with E-state index < -0.39 is 29.6 Å².